The Morgan fingerprint density at radius 1 is 0.971 bits per heavy atom. The minimum atomic E-state index is -0.555. The van der Waals surface area contributed by atoms with Gasteiger partial charge in [0.15, 0.2) is 0 Å². The fourth-order valence-corrected chi connectivity index (χ4v) is 11.2. The lowest BCUT2D eigenvalue weighted by molar-refractivity contribution is -0.280. The second-order valence-corrected chi connectivity index (χ2v) is 14.4. The van der Waals surface area contributed by atoms with Crippen LogP contribution in [-0.2, 0) is 4.74 Å². The molecule has 4 fully saturated rings. The van der Waals surface area contributed by atoms with E-state index < -0.39 is 12.2 Å². The molecule has 4 saturated carbocycles. The molecule has 0 aromatic heterocycles. The molecule has 0 aromatic rings. The third-order valence-corrected chi connectivity index (χ3v) is 12.7. The highest BCUT2D eigenvalue weighted by Crippen LogP contribution is 2.73. The van der Waals surface area contributed by atoms with Gasteiger partial charge in [-0.1, -0.05) is 41.5 Å². The molecule has 34 heavy (non-hydrogen) atoms. The van der Waals surface area contributed by atoms with Gasteiger partial charge >= 0.3 is 0 Å². The number of rotatable bonds is 2. The van der Waals surface area contributed by atoms with Crippen molar-refractivity contribution in [1.29, 1.82) is 0 Å². The Hall–Kier alpha value is -0.580. The Morgan fingerprint density at radius 3 is 2.29 bits per heavy atom. The van der Waals surface area contributed by atoms with Gasteiger partial charge in [-0.15, -0.1) is 0 Å². The standard InChI is InChI=1S/C30H50O4/c1-16-10-11-20(22-9-8-12-34-22)21-14-28(5)15-29(6)13-17(2)23(19(4)31)27(33)30(29,7)18(3)25(28)26(32)24(16)21/h8,12,16-27,31-33H,9-11,13-15H2,1-7H3/t16?,17?,18?,19?,20?,21?,22?,23?,24?,25?,26?,27?,28-,29+,30+/m0/s1. The fraction of sp³-hybridized carbons (Fsp3) is 0.933. The number of hydrogen-bond donors (Lipinski definition) is 3. The molecule has 0 radical (unpaired) electrons. The van der Waals surface area contributed by atoms with Crippen LogP contribution in [0.15, 0.2) is 12.3 Å². The van der Waals surface area contributed by atoms with Gasteiger partial charge in [0.2, 0.25) is 0 Å². The van der Waals surface area contributed by atoms with Crippen molar-refractivity contribution in [3.8, 4) is 0 Å². The molecule has 0 bridgehead atoms. The van der Waals surface area contributed by atoms with Crippen LogP contribution in [0.2, 0.25) is 0 Å². The van der Waals surface area contributed by atoms with Crippen LogP contribution < -0.4 is 0 Å². The first kappa shape index (κ1) is 25.1. The van der Waals surface area contributed by atoms with Gasteiger partial charge in [0, 0.05) is 17.8 Å². The van der Waals surface area contributed by atoms with E-state index in [0.29, 0.717) is 23.7 Å². The summed E-state index contributed by atoms with van der Waals surface area (Å²) in [5.41, 5.74) is -0.294. The highest BCUT2D eigenvalue weighted by atomic mass is 16.5. The van der Waals surface area contributed by atoms with E-state index in [1.54, 1.807) is 0 Å². The van der Waals surface area contributed by atoms with Gasteiger partial charge in [-0.3, -0.25) is 0 Å². The molecule has 194 valence electrons. The molecule has 4 aliphatic carbocycles. The van der Waals surface area contributed by atoms with Gasteiger partial charge in [0.25, 0.3) is 0 Å². The maximum Gasteiger partial charge on any atom is 0.104 e. The first-order valence-electron chi connectivity index (χ1n) is 14.2. The third kappa shape index (κ3) is 3.26. The normalized spacial score (nSPS) is 60.0. The SMILES string of the molecule is CC(O)C1C(C)C[C@]2(C)C[C@]3(C)CC4C(C5CC=CO5)CCC(C)C4C(O)C3C(C)[C@]2(C)C1O. The van der Waals surface area contributed by atoms with Crippen LogP contribution in [0.5, 0.6) is 0 Å². The summed E-state index contributed by atoms with van der Waals surface area (Å²) in [6.45, 7) is 15.9. The van der Waals surface area contributed by atoms with Crippen LogP contribution in [0, 0.1) is 63.6 Å². The van der Waals surface area contributed by atoms with E-state index in [0.717, 1.165) is 25.7 Å². The lowest BCUT2D eigenvalue weighted by Gasteiger charge is -2.72. The molecule has 1 aliphatic heterocycles. The first-order chi connectivity index (χ1) is 15.9. The van der Waals surface area contributed by atoms with Crippen molar-refractivity contribution < 1.29 is 20.1 Å². The molecule has 5 aliphatic rings. The van der Waals surface area contributed by atoms with Gasteiger partial charge < -0.3 is 20.1 Å². The van der Waals surface area contributed by atoms with E-state index in [1.807, 2.05) is 13.2 Å². The summed E-state index contributed by atoms with van der Waals surface area (Å²) in [6, 6.07) is 0. The minimum Gasteiger partial charge on any atom is -0.498 e. The average Bonchev–Trinajstić information content (AvgIpc) is 3.24. The highest BCUT2D eigenvalue weighted by Gasteiger charge is 2.70. The van der Waals surface area contributed by atoms with Crippen LogP contribution in [0.4, 0.5) is 0 Å². The molecule has 3 N–H and O–H groups in total. The maximum atomic E-state index is 12.2. The fourth-order valence-electron chi connectivity index (χ4n) is 11.2. The summed E-state index contributed by atoms with van der Waals surface area (Å²) in [7, 11) is 0. The summed E-state index contributed by atoms with van der Waals surface area (Å²) in [6.07, 6.45) is 9.53. The van der Waals surface area contributed by atoms with E-state index in [-0.39, 0.29) is 52.1 Å². The minimum absolute atomic E-state index is 0.0182. The maximum absolute atomic E-state index is 12.2. The van der Waals surface area contributed by atoms with Crippen molar-refractivity contribution >= 4 is 0 Å². The largest absolute Gasteiger partial charge is 0.498 e. The number of fused-ring (bicyclic) bond motifs is 3. The predicted octanol–water partition coefficient (Wildman–Crippen LogP) is 5.40. The number of aliphatic hydroxyl groups is 3. The van der Waals surface area contributed by atoms with E-state index in [9.17, 15) is 15.3 Å². The molecule has 4 heteroatoms. The molecular weight excluding hydrogens is 424 g/mol. The number of ether oxygens (including phenoxy) is 1. The molecule has 0 spiro atoms. The third-order valence-electron chi connectivity index (χ3n) is 12.7. The van der Waals surface area contributed by atoms with Gasteiger partial charge in [0.05, 0.1) is 24.6 Å². The van der Waals surface area contributed by atoms with Gasteiger partial charge in [-0.25, -0.2) is 0 Å². The summed E-state index contributed by atoms with van der Waals surface area (Å²) in [5.74, 6) is 2.39. The smallest absolute Gasteiger partial charge is 0.104 e. The quantitative estimate of drug-likeness (QED) is 0.501. The summed E-state index contributed by atoms with van der Waals surface area (Å²) in [5, 5.41) is 34.7. The second kappa shape index (κ2) is 8.21. The average molecular weight is 475 g/mol. The Balaban J connectivity index is 1.54. The zero-order valence-corrected chi connectivity index (χ0v) is 22.6. The monoisotopic (exact) mass is 474 g/mol. The molecular formula is C30H50O4. The highest BCUT2D eigenvalue weighted by molar-refractivity contribution is 5.19. The van der Waals surface area contributed by atoms with Crippen molar-refractivity contribution in [3.63, 3.8) is 0 Å². The molecule has 5 rings (SSSR count). The van der Waals surface area contributed by atoms with Gasteiger partial charge in [-0.2, -0.15) is 0 Å². The van der Waals surface area contributed by atoms with Crippen molar-refractivity contribution in [3.05, 3.63) is 12.3 Å². The lowest BCUT2D eigenvalue weighted by Crippen LogP contribution is -2.70. The number of hydrogen-bond acceptors (Lipinski definition) is 4. The summed E-state index contributed by atoms with van der Waals surface area (Å²) in [4.78, 5) is 0. The molecule has 0 amide bonds. The predicted molar refractivity (Wildman–Crippen MR) is 135 cm³/mol. The van der Waals surface area contributed by atoms with E-state index >= 15 is 0 Å². The summed E-state index contributed by atoms with van der Waals surface area (Å²) >= 11 is 0. The Labute approximate surface area is 207 Å². The summed E-state index contributed by atoms with van der Waals surface area (Å²) < 4.78 is 6.07. The van der Waals surface area contributed by atoms with Crippen LogP contribution in [-0.4, -0.2) is 39.7 Å². The van der Waals surface area contributed by atoms with Crippen LogP contribution >= 0.6 is 0 Å². The van der Waals surface area contributed by atoms with Crippen molar-refractivity contribution in [1.82, 2.24) is 0 Å². The van der Waals surface area contributed by atoms with Crippen LogP contribution in [0.3, 0.4) is 0 Å². The zero-order valence-electron chi connectivity index (χ0n) is 22.6. The molecule has 12 unspecified atom stereocenters. The molecule has 0 aromatic carbocycles. The Bertz CT molecular complexity index is 802. The lowest BCUT2D eigenvalue weighted by atomic mass is 9.34. The van der Waals surface area contributed by atoms with Gasteiger partial charge in [0.1, 0.15) is 6.10 Å². The van der Waals surface area contributed by atoms with Gasteiger partial charge in [-0.05, 0) is 97.4 Å². The van der Waals surface area contributed by atoms with Crippen LogP contribution in [0.25, 0.3) is 0 Å². The second-order valence-electron chi connectivity index (χ2n) is 14.4. The van der Waals surface area contributed by atoms with E-state index in [1.165, 1.54) is 12.8 Å². The van der Waals surface area contributed by atoms with E-state index in [4.69, 9.17) is 4.74 Å². The van der Waals surface area contributed by atoms with Crippen molar-refractivity contribution in [2.24, 2.45) is 63.6 Å². The Morgan fingerprint density at radius 2 is 1.68 bits per heavy atom. The zero-order chi connectivity index (χ0) is 24.8. The molecule has 0 saturated heterocycles. The van der Waals surface area contributed by atoms with Crippen molar-refractivity contribution in [2.75, 3.05) is 0 Å². The van der Waals surface area contributed by atoms with Crippen LogP contribution in [0.1, 0.15) is 87.0 Å². The topological polar surface area (TPSA) is 69.9 Å². The first-order valence-corrected chi connectivity index (χ1v) is 14.2. The van der Waals surface area contributed by atoms with Crippen molar-refractivity contribution in [2.45, 2.75) is 111 Å². The molecule has 1 heterocycles. The molecule has 15 atom stereocenters. The number of aliphatic hydroxyl groups excluding tert-OH is 3. The Kier molecular flexibility index (Phi) is 6.06. The molecule has 4 nitrogen and oxygen atoms in total. The van der Waals surface area contributed by atoms with E-state index in [2.05, 4.69) is 47.6 Å².